The number of alkyl halides is 2. The fourth-order valence-electron chi connectivity index (χ4n) is 4.42. The number of carbonyl (C=O) groups excluding carboxylic acids is 1. The molecule has 3 aromatic rings. The average molecular weight is 506 g/mol. The van der Waals surface area contributed by atoms with Crippen molar-refractivity contribution in [3.63, 3.8) is 0 Å². The molecule has 5 rings (SSSR count). The van der Waals surface area contributed by atoms with Crippen LogP contribution in [-0.2, 0) is 4.79 Å². The highest BCUT2D eigenvalue weighted by Crippen LogP contribution is 2.27. The van der Waals surface area contributed by atoms with Gasteiger partial charge in [-0.1, -0.05) is 0 Å². The van der Waals surface area contributed by atoms with Crippen LogP contribution in [0.5, 0.6) is 0 Å². The van der Waals surface area contributed by atoms with Gasteiger partial charge in [0.2, 0.25) is 11.9 Å². The lowest BCUT2D eigenvalue weighted by Gasteiger charge is -2.18. The Morgan fingerprint density at radius 2 is 1.84 bits per heavy atom. The highest BCUT2D eigenvalue weighted by Gasteiger charge is 2.25. The van der Waals surface area contributed by atoms with Crippen LogP contribution in [0.15, 0.2) is 42.7 Å². The predicted octanol–water partition coefficient (Wildman–Crippen LogP) is 3.08. The van der Waals surface area contributed by atoms with Gasteiger partial charge in [0.15, 0.2) is 5.69 Å². The number of nitriles is 1. The van der Waals surface area contributed by atoms with Crippen LogP contribution < -0.4 is 15.5 Å². The van der Waals surface area contributed by atoms with Crippen molar-refractivity contribution in [2.24, 2.45) is 0 Å². The van der Waals surface area contributed by atoms with Gasteiger partial charge in [-0.3, -0.25) is 9.69 Å². The summed E-state index contributed by atoms with van der Waals surface area (Å²) in [5.74, 6) is 0.435. The highest BCUT2D eigenvalue weighted by atomic mass is 19.1. The zero-order chi connectivity index (χ0) is 25.8. The highest BCUT2D eigenvalue weighted by molar-refractivity contribution is 5.91. The van der Waals surface area contributed by atoms with Gasteiger partial charge in [-0.15, -0.1) is 0 Å². The third-order valence-electron chi connectivity index (χ3n) is 6.24. The molecule has 2 unspecified atom stereocenters. The minimum Gasteiger partial charge on any atom is -0.366 e. The summed E-state index contributed by atoms with van der Waals surface area (Å²) in [7, 11) is 0. The van der Waals surface area contributed by atoms with E-state index in [1.807, 2.05) is 4.90 Å². The summed E-state index contributed by atoms with van der Waals surface area (Å²) in [5, 5.41) is 15.4. The van der Waals surface area contributed by atoms with Crippen LogP contribution in [0.3, 0.4) is 0 Å². The topological polar surface area (TPSA) is 123 Å². The third kappa shape index (κ3) is 5.95. The van der Waals surface area contributed by atoms with Gasteiger partial charge in [0, 0.05) is 32.4 Å². The van der Waals surface area contributed by atoms with E-state index in [9.17, 15) is 18.8 Å². The molecule has 5 heterocycles. The molecule has 10 nitrogen and oxygen atoms in total. The number of pyridine rings is 2. The summed E-state index contributed by atoms with van der Waals surface area (Å²) in [4.78, 5) is 33.2. The number of hydrogen-bond acceptors (Lipinski definition) is 9. The molecular formula is C25H25F2N9O. The number of nitrogens with one attached hydrogen (secondary N) is 2. The number of likely N-dealkylation sites (tertiary alicyclic amines) is 1. The Morgan fingerprint density at radius 3 is 2.54 bits per heavy atom. The van der Waals surface area contributed by atoms with Gasteiger partial charge in [-0.2, -0.15) is 5.26 Å². The van der Waals surface area contributed by atoms with Crippen molar-refractivity contribution >= 4 is 29.0 Å². The van der Waals surface area contributed by atoms with Crippen molar-refractivity contribution < 1.29 is 13.6 Å². The zero-order valence-corrected chi connectivity index (χ0v) is 19.9. The molecule has 0 bridgehead atoms. The summed E-state index contributed by atoms with van der Waals surface area (Å²) < 4.78 is 26.9. The molecule has 0 spiro atoms. The quantitative estimate of drug-likeness (QED) is 0.499. The SMILES string of the molecule is N#Cc1nc(-c2ccnc(Nc3ccc(NC(=O)CN4CCC(F)C4)nc3)n2)ccc1N1CCC(F)C1. The van der Waals surface area contributed by atoms with Crippen molar-refractivity contribution in [3.8, 4) is 17.5 Å². The molecule has 2 aliphatic heterocycles. The normalized spacial score (nSPS) is 19.5. The van der Waals surface area contributed by atoms with Gasteiger partial charge >= 0.3 is 0 Å². The van der Waals surface area contributed by atoms with E-state index in [1.54, 1.807) is 41.4 Å². The summed E-state index contributed by atoms with van der Waals surface area (Å²) in [6.07, 6.45) is 2.23. The molecule has 1 amide bonds. The Hall–Kier alpha value is -4.24. The van der Waals surface area contributed by atoms with Crippen LogP contribution in [0, 0.1) is 11.3 Å². The lowest BCUT2D eigenvalue weighted by atomic mass is 10.2. The first kappa shape index (κ1) is 24.5. The second-order valence-electron chi connectivity index (χ2n) is 9.00. The van der Waals surface area contributed by atoms with Crippen molar-refractivity contribution in [2.45, 2.75) is 25.2 Å². The maximum atomic E-state index is 13.6. The maximum Gasteiger partial charge on any atom is 0.239 e. The van der Waals surface area contributed by atoms with Gasteiger partial charge in [0.1, 0.15) is 24.2 Å². The average Bonchev–Trinajstić information content (AvgIpc) is 3.52. The van der Waals surface area contributed by atoms with Crippen LogP contribution in [0.4, 0.5) is 31.9 Å². The van der Waals surface area contributed by atoms with E-state index >= 15 is 0 Å². The minimum absolute atomic E-state index is 0.125. The Balaban J connectivity index is 1.23. The molecule has 0 aromatic carbocycles. The van der Waals surface area contributed by atoms with Gasteiger partial charge < -0.3 is 15.5 Å². The molecule has 2 fully saturated rings. The summed E-state index contributed by atoms with van der Waals surface area (Å²) in [5.41, 5.74) is 2.44. The van der Waals surface area contributed by atoms with Crippen LogP contribution in [-0.4, -0.2) is 75.8 Å². The second-order valence-corrected chi connectivity index (χ2v) is 9.00. The first-order valence-electron chi connectivity index (χ1n) is 12.0. The Bertz CT molecular complexity index is 1310. The Morgan fingerprint density at radius 1 is 1.03 bits per heavy atom. The first-order valence-corrected chi connectivity index (χ1v) is 12.0. The molecule has 0 radical (unpaired) electrons. The molecule has 2 saturated heterocycles. The molecular weight excluding hydrogens is 480 g/mol. The van der Waals surface area contributed by atoms with Crippen LogP contribution in [0.25, 0.3) is 11.4 Å². The summed E-state index contributed by atoms with van der Waals surface area (Å²) in [6, 6.07) is 10.7. The first-order chi connectivity index (χ1) is 18.0. The molecule has 37 heavy (non-hydrogen) atoms. The van der Waals surface area contributed by atoms with Crippen molar-refractivity contribution in [1.82, 2.24) is 24.8 Å². The summed E-state index contributed by atoms with van der Waals surface area (Å²) in [6.45, 7) is 1.77. The van der Waals surface area contributed by atoms with E-state index in [2.05, 4.69) is 36.6 Å². The van der Waals surface area contributed by atoms with Crippen LogP contribution >= 0.6 is 0 Å². The van der Waals surface area contributed by atoms with Crippen molar-refractivity contribution in [1.29, 1.82) is 5.26 Å². The van der Waals surface area contributed by atoms with E-state index in [0.717, 1.165) is 0 Å². The van der Waals surface area contributed by atoms with Gasteiger partial charge in [0.25, 0.3) is 0 Å². The van der Waals surface area contributed by atoms with Crippen LogP contribution in [0.2, 0.25) is 0 Å². The largest absolute Gasteiger partial charge is 0.366 e. The molecule has 2 aliphatic rings. The monoisotopic (exact) mass is 505 g/mol. The van der Waals surface area contributed by atoms with Gasteiger partial charge in [0.05, 0.1) is 35.5 Å². The minimum atomic E-state index is -0.901. The van der Waals surface area contributed by atoms with E-state index in [0.29, 0.717) is 60.5 Å². The molecule has 12 heteroatoms. The maximum absolute atomic E-state index is 13.6. The Kier molecular flexibility index (Phi) is 7.14. The fourth-order valence-corrected chi connectivity index (χ4v) is 4.42. The zero-order valence-electron chi connectivity index (χ0n) is 19.9. The number of hydrogen-bond donors (Lipinski definition) is 2. The van der Waals surface area contributed by atoms with Crippen molar-refractivity contribution in [3.05, 3.63) is 48.4 Å². The van der Waals surface area contributed by atoms with Crippen LogP contribution in [0.1, 0.15) is 18.5 Å². The van der Waals surface area contributed by atoms with E-state index in [1.165, 1.54) is 6.20 Å². The molecule has 2 atom stereocenters. The Labute approximate surface area is 212 Å². The molecule has 2 N–H and O–H groups in total. The van der Waals surface area contributed by atoms with Crippen molar-refractivity contribution in [2.75, 3.05) is 48.3 Å². The predicted molar refractivity (Wildman–Crippen MR) is 134 cm³/mol. The smallest absolute Gasteiger partial charge is 0.239 e. The number of aromatic nitrogens is 4. The second kappa shape index (κ2) is 10.8. The molecule has 3 aromatic heterocycles. The van der Waals surface area contributed by atoms with Gasteiger partial charge in [-0.25, -0.2) is 28.7 Å². The lowest BCUT2D eigenvalue weighted by Crippen LogP contribution is -2.32. The number of nitrogens with zero attached hydrogens (tertiary/aromatic N) is 7. The number of rotatable bonds is 7. The molecule has 0 aliphatic carbocycles. The summed E-state index contributed by atoms with van der Waals surface area (Å²) >= 11 is 0. The fraction of sp³-hybridized carbons (Fsp3) is 0.360. The standard InChI is InChI=1S/C25H25F2N9O/c26-16-6-9-35(13-16)15-24(37)34-23-4-1-18(12-30-23)31-25-29-8-5-20(33-25)19-2-3-22(21(11-28)32-19)36-10-7-17(27)14-36/h1-5,8,12,16-17H,6-7,9-10,13-15H2,(H,29,31,33)(H,30,34,37). The molecule has 190 valence electrons. The lowest BCUT2D eigenvalue weighted by molar-refractivity contribution is -0.117. The van der Waals surface area contributed by atoms with E-state index in [4.69, 9.17) is 0 Å². The number of halogens is 2. The van der Waals surface area contributed by atoms with E-state index < -0.39 is 12.3 Å². The van der Waals surface area contributed by atoms with E-state index in [-0.39, 0.29) is 31.2 Å². The number of carbonyl (C=O) groups is 1. The third-order valence-corrected chi connectivity index (χ3v) is 6.24. The molecule has 0 saturated carbocycles. The van der Waals surface area contributed by atoms with Gasteiger partial charge in [-0.05, 0) is 43.2 Å². The number of anilines is 4. The number of amides is 1.